The van der Waals surface area contributed by atoms with Crippen LogP contribution in [-0.2, 0) is 6.42 Å². The van der Waals surface area contributed by atoms with Gasteiger partial charge in [-0.3, -0.25) is 0 Å². The Hall–Kier alpha value is -2.09. The Morgan fingerprint density at radius 2 is 1.89 bits per heavy atom. The molecule has 0 spiro atoms. The van der Waals surface area contributed by atoms with Crippen LogP contribution in [0.1, 0.15) is 23.7 Å². The van der Waals surface area contributed by atoms with Crippen molar-refractivity contribution < 1.29 is 0 Å². The van der Waals surface area contributed by atoms with E-state index in [1.165, 1.54) is 11.1 Å². The number of rotatable bonds is 4. The number of allylic oxidation sites excluding steroid dienone is 1. The highest BCUT2D eigenvalue weighted by atomic mass is 15.0. The first-order valence-electron chi connectivity index (χ1n) is 6.18. The fraction of sp³-hybridized carbons (Fsp3) is 0.188. The summed E-state index contributed by atoms with van der Waals surface area (Å²) in [6.07, 6.45) is 5.01. The zero-order chi connectivity index (χ0) is 12.8. The molecule has 0 atom stereocenters. The van der Waals surface area contributed by atoms with Crippen LogP contribution in [0.2, 0.25) is 0 Å². The van der Waals surface area contributed by atoms with E-state index in [1.54, 1.807) is 0 Å². The van der Waals surface area contributed by atoms with Gasteiger partial charge in [-0.25, -0.2) is 4.98 Å². The summed E-state index contributed by atoms with van der Waals surface area (Å²) in [6, 6.07) is 14.5. The summed E-state index contributed by atoms with van der Waals surface area (Å²) in [5.74, 6) is 0.911. The zero-order valence-electron chi connectivity index (χ0n) is 10.9. The van der Waals surface area contributed by atoms with Crippen molar-refractivity contribution in [1.82, 2.24) is 4.98 Å². The lowest BCUT2D eigenvalue weighted by molar-refractivity contribution is 1.06. The molecule has 92 valence electrons. The average molecular weight is 238 g/mol. The van der Waals surface area contributed by atoms with Crippen LogP contribution in [0, 0.1) is 0 Å². The van der Waals surface area contributed by atoms with Crippen LogP contribution < -0.4 is 5.32 Å². The van der Waals surface area contributed by atoms with Crippen molar-refractivity contribution >= 4 is 11.9 Å². The maximum atomic E-state index is 4.64. The summed E-state index contributed by atoms with van der Waals surface area (Å²) < 4.78 is 0. The maximum Gasteiger partial charge on any atom is 0.126 e. The molecule has 2 rings (SSSR count). The van der Waals surface area contributed by atoms with Crippen LogP contribution in [0.3, 0.4) is 0 Å². The molecule has 0 unspecified atom stereocenters. The van der Waals surface area contributed by atoms with E-state index in [-0.39, 0.29) is 0 Å². The van der Waals surface area contributed by atoms with Gasteiger partial charge in [0.05, 0.1) is 5.69 Å². The molecule has 1 heterocycles. The second kappa shape index (κ2) is 6.01. The monoisotopic (exact) mass is 238 g/mol. The molecule has 0 fully saturated rings. The highest BCUT2D eigenvalue weighted by Crippen LogP contribution is 2.16. The minimum atomic E-state index is 0.857. The van der Waals surface area contributed by atoms with Crippen LogP contribution >= 0.6 is 0 Å². The number of anilines is 1. The Labute approximate surface area is 108 Å². The number of pyridine rings is 1. The Morgan fingerprint density at radius 1 is 1.11 bits per heavy atom. The highest BCUT2D eigenvalue weighted by molar-refractivity contribution is 5.55. The molecule has 0 aliphatic carbocycles. The molecular formula is C16H18N2. The third-order valence-corrected chi connectivity index (χ3v) is 2.83. The van der Waals surface area contributed by atoms with E-state index >= 15 is 0 Å². The molecule has 0 aliphatic rings. The van der Waals surface area contributed by atoms with Gasteiger partial charge >= 0.3 is 0 Å². The van der Waals surface area contributed by atoms with Crippen molar-refractivity contribution in [2.45, 2.75) is 13.3 Å². The topological polar surface area (TPSA) is 24.9 Å². The number of nitrogens with one attached hydrogen (secondary N) is 1. The van der Waals surface area contributed by atoms with Gasteiger partial charge in [0, 0.05) is 13.5 Å². The fourth-order valence-electron chi connectivity index (χ4n) is 1.91. The molecule has 18 heavy (non-hydrogen) atoms. The molecule has 2 aromatic rings. The standard InChI is InChI=1S/C16H18N2/c1-3-7-14-10-11-16(17-2)18-15(14)12-13-8-5-4-6-9-13/h3-11H,12H2,1-2H3,(H,17,18)/b7-3+. The van der Waals surface area contributed by atoms with E-state index in [9.17, 15) is 0 Å². The van der Waals surface area contributed by atoms with Gasteiger partial charge in [0.2, 0.25) is 0 Å². The smallest absolute Gasteiger partial charge is 0.126 e. The first-order valence-corrected chi connectivity index (χ1v) is 6.18. The van der Waals surface area contributed by atoms with Crippen LogP contribution in [-0.4, -0.2) is 12.0 Å². The minimum absolute atomic E-state index is 0.857. The Morgan fingerprint density at radius 3 is 2.56 bits per heavy atom. The van der Waals surface area contributed by atoms with Gasteiger partial charge < -0.3 is 5.32 Å². The number of aromatic nitrogens is 1. The van der Waals surface area contributed by atoms with E-state index in [1.807, 2.05) is 32.2 Å². The lowest BCUT2D eigenvalue weighted by Gasteiger charge is -2.08. The molecule has 0 amide bonds. The molecule has 0 radical (unpaired) electrons. The van der Waals surface area contributed by atoms with Gasteiger partial charge in [-0.15, -0.1) is 0 Å². The Kier molecular flexibility index (Phi) is 4.13. The van der Waals surface area contributed by atoms with Crippen LogP contribution in [0.5, 0.6) is 0 Å². The van der Waals surface area contributed by atoms with Crippen molar-refractivity contribution in [3.63, 3.8) is 0 Å². The molecule has 1 N–H and O–H groups in total. The SMILES string of the molecule is C/C=C/c1ccc(NC)nc1Cc1ccccc1. The van der Waals surface area contributed by atoms with E-state index < -0.39 is 0 Å². The normalized spacial score (nSPS) is 10.8. The van der Waals surface area contributed by atoms with Crippen LogP contribution in [0.4, 0.5) is 5.82 Å². The number of hydrogen-bond acceptors (Lipinski definition) is 2. The Balaban J connectivity index is 2.34. The molecule has 0 bridgehead atoms. The van der Waals surface area contributed by atoms with E-state index in [4.69, 9.17) is 0 Å². The molecule has 0 saturated heterocycles. The van der Waals surface area contributed by atoms with E-state index in [0.29, 0.717) is 0 Å². The number of benzene rings is 1. The highest BCUT2D eigenvalue weighted by Gasteiger charge is 2.04. The molecular weight excluding hydrogens is 220 g/mol. The first kappa shape index (κ1) is 12.4. The summed E-state index contributed by atoms with van der Waals surface area (Å²) in [5.41, 5.74) is 3.57. The fourth-order valence-corrected chi connectivity index (χ4v) is 1.91. The summed E-state index contributed by atoms with van der Waals surface area (Å²) in [5, 5.41) is 3.09. The van der Waals surface area contributed by atoms with Crippen molar-refractivity contribution in [3.8, 4) is 0 Å². The van der Waals surface area contributed by atoms with Gasteiger partial charge in [0.25, 0.3) is 0 Å². The van der Waals surface area contributed by atoms with Gasteiger partial charge in [-0.2, -0.15) is 0 Å². The minimum Gasteiger partial charge on any atom is -0.373 e. The van der Waals surface area contributed by atoms with Gasteiger partial charge in [-0.1, -0.05) is 42.5 Å². The van der Waals surface area contributed by atoms with Gasteiger partial charge in [0.15, 0.2) is 0 Å². The zero-order valence-corrected chi connectivity index (χ0v) is 10.9. The summed E-state index contributed by atoms with van der Waals surface area (Å²) in [6.45, 7) is 2.03. The molecule has 0 aliphatic heterocycles. The van der Waals surface area contributed by atoms with E-state index in [2.05, 4.69) is 46.7 Å². The average Bonchev–Trinajstić information content (AvgIpc) is 2.42. The predicted molar refractivity (Wildman–Crippen MR) is 77.7 cm³/mol. The molecule has 0 saturated carbocycles. The van der Waals surface area contributed by atoms with Crippen molar-refractivity contribution in [1.29, 1.82) is 0 Å². The maximum absolute atomic E-state index is 4.64. The van der Waals surface area contributed by atoms with Gasteiger partial charge in [0.1, 0.15) is 5.82 Å². The van der Waals surface area contributed by atoms with E-state index in [0.717, 1.165) is 17.9 Å². The molecule has 1 aromatic carbocycles. The second-order valence-electron chi connectivity index (χ2n) is 4.14. The van der Waals surface area contributed by atoms with Crippen LogP contribution in [0.25, 0.3) is 6.08 Å². The van der Waals surface area contributed by atoms with Crippen LogP contribution in [0.15, 0.2) is 48.5 Å². The van der Waals surface area contributed by atoms with Crippen molar-refractivity contribution in [2.24, 2.45) is 0 Å². The van der Waals surface area contributed by atoms with Crippen molar-refractivity contribution in [3.05, 3.63) is 65.4 Å². The largest absolute Gasteiger partial charge is 0.373 e. The lowest BCUT2D eigenvalue weighted by atomic mass is 10.0. The lowest BCUT2D eigenvalue weighted by Crippen LogP contribution is -2.00. The molecule has 2 nitrogen and oxygen atoms in total. The predicted octanol–water partition coefficient (Wildman–Crippen LogP) is 3.75. The second-order valence-corrected chi connectivity index (χ2v) is 4.14. The quantitative estimate of drug-likeness (QED) is 0.877. The number of hydrogen-bond donors (Lipinski definition) is 1. The first-order chi connectivity index (χ1) is 8.83. The number of nitrogens with zero attached hydrogens (tertiary/aromatic N) is 1. The Bertz CT molecular complexity index is 530. The molecule has 2 heteroatoms. The third-order valence-electron chi connectivity index (χ3n) is 2.83. The summed E-state index contributed by atoms with van der Waals surface area (Å²) in [7, 11) is 1.89. The summed E-state index contributed by atoms with van der Waals surface area (Å²) >= 11 is 0. The molecule has 1 aromatic heterocycles. The summed E-state index contributed by atoms with van der Waals surface area (Å²) in [4.78, 5) is 4.64. The van der Waals surface area contributed by atoms with Crippen molar-refractivity contribution in [2.75, 3.05) is 12.4 Å². The van der Waals surface area contributed by atoms with Gasteiger partial charge in [-0.05, 0) is 30.2 Å². The third kappa shape index (κ3) is 2.98.